The number of carbonyl (C=O) groups is 1. The molecule has 4 nitrogen and oxygen atoms in total. The van der Waals surface area contributed by atoms with Crippen molar-refractivity contribution in [3.8, 4) is 22.6 Å². The summed E-state index contributed by atoms with van der Waals surface area (Å²) in [6, 6.07) is 23.4. The number of aliphatic hydroxyl groups is 1. The third kappa shape index (κ3) is 8.66. The predicted molar refractivity (Wildman–Crippen MR) is 188 cm³/mol. The standard InChI is InChI=1S/C28H23FNO.C13H24O2.Ir/c1-17-20-10-7-8-12-26(20)31-27(17)22-15-25(30-16-24(22)29)19-13-18-9-5-6-11-21(18)23(14-19)28(2,3)4;1-5-10(6-2)12(14)9-13(15)11(7-3)8-4;/h5-12,14-16H,1-4H3;9-11,14H,5-8H2,1-4H3;/q-1;;/b;12-9-;. The molecule has 0 amide bonds. The number of para-hydroxylation sites is 1. The third-order valence-corrected chi connectivity index (χ3v) is 8.88. The molecule has 0 unspecified atom stereocenters. The maximum atomic E-state index is 14.9. The molecule has 0 aliphatic carbocycles. The van der Waals surface area contributed by atoms with E-state index < -0.39 is 5.82 Å². The number of benzene rings is 3. The molecule has 2 heterocycles. The van der Waals surface area contributed by atoms with Crippen LogP contribution in [0.2, 0.25) is 0 Å². The summed E-state index contributed by atoms with van der Waals surface area (Å²) in [4.78, 5) is 16.1. The van der Waals surface area contributed by atoms with Gasteiger partial charge in [0, 0.05) is 60.2 Å². The van der Waals surface area contributed by atoms with Gasteiger partial charge in [0.05, 0.1) is 12.0 Å². The SMILES string of the molecule is CCC(CC)C(=O)/C=C(\O)C(CC)CC.Cc1c(-c2cc(-c3[c-]c4ccccc4c(C(C)(C)C)c3)ncc2F)oc2ccccc12.[Ir]. The Kier molecular flexibility index (Phi) is 13.3. The zero-order chi connectivity index (χ0) is 33.6. The number of hydrogen-bond donors (Lipinski definition) is 1. The molecule has 251 valence electrons. The first-order valence-electron chi connectivity index (χ1n) is 16.5. The Balaban J connectivity index is 0.000000322. The number of carbonyl (C=O) groups excluding carboxylic acids is 1. The summed E-state index contributed by atoms with van der Waals surface area (Å²) in [6.07, 6.45) is 6.18. The normalized spacial score (nSPS) is 11.9. The van der Waals surface area contributed by atoms with Crippen LogP contribution in [-0.4, -0.2) is 15.9 Å². The Morgan fingerprint density at radius 1 is 0.936 bits per heavy atom. The van der Waals surface area contributed by atoms with E-state index in [2.05, 4.69) is 50.0 Å². The Morgan fingerprint density at radius 3 is 2.13 bits per heavy atom. The van der Waals surface area contributed by atoms with Gasteiger partial charge in [-0.1, -0.05) is 102 Å². The molecule has 47 heavy (non-hydrogen) atoms. The molecule has 0 saturated heterocycles. The van der Waals surface area contributed by atoms with Crippen LogP contribution in [0.5, 0.6) is 0 Å². The molecule has 0 aliphatic heterocycles. The van der Waals surface area contributed by atoms with Crippen LogP contribution in [-0.2, 0) is 30.3 Å². The molecule has 5 aromatic rings. The molecular formula is C41H47FIrNO3-. The summed E-state index contributed by atoms with van der Waals surface area (Å²) in [5, 5.41) is 12.9. The number of pyridine rings is 1. The number of aromatic nitrogens is 1. The number of rotatable bonds is 9. The van der Waals surface area contributed by atoms with Crippen molar-refractivity contribution in [3.63, 3.8) is 0 Å². The molecule has 0 saturated carbocycles. The zero-order valence-corrected chi connectivity index (χ0v) is 31.2. The maximum absolute atomic E-state index is 14.9. The molecule has 1 N–H and O–H groups in total. The van der Waals surface area contributed by atoms with Crippen LogP contribution in [0, 0.1) is 30.6 Å². The fraction of sp³-hybridized carbons (Fsp3) is 0.366. The number of aliphatic hydroxyl groups excluding tert-OH is 1. The number of hydrogen-bond acceptors (Lipinski definition) is 4. The minimum Gasteiger partial charge on any atom is -0.512 e. The van der Waals surface area contributed by atoms with Crippen LogP contribution >= 0.6 is 0 Å². The first-order chi connectivity index (χ1) is 21.9. The van der Waals surface area contributed by atoms with Crippen LogP contribution in [0.1, 0.15) is 85.3 Å². The molecule has 6 heteroatoms. The van der Waals surface area contributed by atoms with Crippen molar-refractivity contribution in [2.75, 3.05) is 0 Å². The maximum Gasteiger partial charge on any atom is 0.162 e. The second-order valence-corrected chi connectivity index (χ2v) is 13.0. The van der Waals surface area contributed by atoms with Gasteiger partial charge in [0.2, 0.25) is 0 Å². The number of fused-ring (bicyclic) bond motifs is 2. The van der Waals surface area contributed by atoms with Crippen molar-refractivity contribution in [1.29, 1.82) is 0 Å². The number of halogens is 1. The molecule has 5 rings (SSSR count). The van der Waals surface area contributed by atoms with Gasteiger partial charge in [-0.25, -0.2) is 4.39 Å². The van der Waals surface area contributed by atoms with Crippen molar-refractivity contribution < 1.29 is 38.8 Å². The monoisotopic (exact) mass is 813 g/mol. The molecule has 3 aromatic carbocycles. The number of nitrogens with zero attached hydrogens (tertiary/aromatic N) is 1. The van der Waals surface area contributed by atoms with E-state index in [1.807, 2.05) is 71.0 Å². The quantitative estimate of drug-likeness (QED) is 0.0915. The molecule has 0 atom stereocenters. The summed E-state index contributed by atoms with van der Waals surface area (Å²) >= 11 is 0. The van der Waals surface area contributed by atoms with Gasteiger partial charge in [-0.05, 0) is 44.1 Å². The van der Waals surface area contributed by atoms with E-state index in [-0.39, 0.29) is 48.9 Å². The second kappa shape index (κ2) is 16.5. The van der Waals surface area contributed by atoms with E-state index >= 15 is 0 Å². The average molecular weight is 813 g/mol. The molecule has 1 radical (unpaired) electrons. The second-order valence-electron chi connectivity index (χ2n) is 13.0. The minimum atomic E-state index is -0.400. The van der Waals surface area contributed by atoms with Gasteiger partial charge in [0.25, 0.3) is 0 Å². The van der Waals surface area contributed by atoms with Crippen LogP contribution < -0.4 is 0 Å². The molecule has 0 bridgehead atoms. The van der Waals surface area contributed by atoms with Gasteiger partial charge in [-0.2, -0.15) is 0 Å². The van der Waals surface area contributed by atoms with Gasteiger partial charge in [-0.15, -0.1) is 29.1 Å². The van der Waals surface area contributed by atoms with Gasteiger partial charge in [0.15, 0.2) is 11.6 Å². The largest absolute Gasteiger partial charge is 0.512 e. The first-order valence-corrected chi connectivity index (χ1v) is 16.5. The van der Waals surface area contributed by atoms with E-state index in [0.29, 0.717) is 17.0 Å². The van der Waals surface area contributed by atoms with Crippen molar-refractivity contribution >= 4 is 27.5 Å². The number of ketones is 1. The predicted octanol–water partition coefficient (Wildman–Crippen LogP) is 11.7. The molecule has 0 fully saturated rings. The van der Waals surface area contributed by atoms with Gasteiger partial charge >= 0.3 is 0 Å². The smallest absolute Gasteiger partial charge is 0.162 e. The molecule has 0 aliphatic rings. The van der Waals surface area contributed by atoms with Crippen molar-refractivity contribution in [1.82, 2.24) is 4.98 Å². The number of aryl methyl sites for hydroxylation is 1. The van der Waals surface area contributed by atoms with Crippen molar-refractivity contribution in [3.05, 3.63) is 102 Å². The Bertz CT molecular complexity index is 1840. The minimum absolute atomic E-state index is 0. The van der Waals surface area contributed by atoms with E-state index in [0.717, 1.165) is 53.2 Å². The van der Waals surface area contributed by atoms with Crippen LogP contribution in [0.4, 0.5) is 4.39 Å². The molecule has 2 aromatic heterocycles. The van der Waals surface area contributed by atoms with E-state index in [1.54, 1.807) is 6.07 Å². The average Bonchev–Trinajstić information content (AvgIpc) is 3.37. The van der Waals surface area contributed by atoms with Crippen LogP contribution in [0.3, 0.4) is 0 Å². The fourth-order valence-electron chi connectivity index (χ4n) is 5.96. The fourth-order valence-corrected chi connectivity index (χ4v) is 5.96. The summed E-state index contributed by atoms with van der Waals surface area (Å²) in [5.74, 6) is 0.688. The first kappa shape index (κ1) is 37.9. The molecule has 0 spiro atoms. The topological polar surface area (TPSA) is 63.3 Å². The Morgan fingerprint density at radius 2 is 1.53 bits per heavy atom. The number of allylic oxidation sites excluding steroid dienone is 2. The van der Waals surface area contributed by atoms with Crippen molar-refractivity contribution in [2.45, 2.75) is 86.5 Å². The van der Waals surface area contributed by atoms with Crippen molar-refractivity contribution in [2.24, 2.45) is 11.8 Å². The van der Waals surface area contributed by atoms with Gasteiger partial charge < -0.3 is 9.52 Å². The Hall–Kier alpha value is -3.60. The summed E-state index contributed by atoms with van der Waals surface area (Å²) in [6.45, 7) is 16.6. The summed E-state index contributed by atoms with van der Waals surface area (Å²) < 4.78 is 20.9. The molecular weight excluding hydrogens is 766 g/mol. The Labute approximate surface area is 292 Å². The summed E-state index contributed by atoms with van der Waals surface area (Å²) in [7, 11) is 0. The third-order valence-electron chi connectivity index (χ3n) is 8.88. The van der Waals surface area contributed by atoms with Gasteiger partial charge in [0.1, 0.15) is 11.3 Å². The zero-order valence-electron chi connectivity index (χ0n) is 28.8. The summed E-state index contributed by atoms with van der Waals surface area (Å²) in [5.41, 5.74) is 4.76. The van der Waals surface area contributed by atoms with Gasteiger partial charge in [-0.3, -0.25) is 9.78 Å². The number of furan rings is 1. The van der Waals surface area contributed by atoms with E-state index in [4.69, 9.17) is 4.42 Å². The van der Waals surface area contributed by atoms with Crippen LogP contribution in [0.25, 0.3) is 44.3 Å². The van der Waals surface area contributed by atoms with Crippen LogP contribution in [0.15, 0.2) is 83.1 Å². The van der Waals surface area contributed by atoms with E-state index in [9.17, 15) is 14.3 Å². The van der Waals surface area contributed by atoms with E-state index in [1.165, 1.54) is 23.2 Å².